The number of ether oxygens (including phenoxy) is 3. The summed E-state index contributed by atoms with van der Waals surface area (Å²) >= 11 is 0. The number of hydrogen-bond acceptors (Lipinski definition) is 6. The first-order valence-corrected chi connectivity index (χ1v) is 36.5. The summed E-state index contributed by atoms with van der Waals surface area (Å²) in [4.78, 5) is 38.5. The van der Waals surface area contributed by atoms with Gasteiger partial charge in [-0.25, -0.2) is 0 Å². The van der Waals surface area contributed by atoms with E-state index < -0.39 is 6.10 Å². The molecule has 6 heteroatoms. The van der Waals surface area contributed by atoms with Crippen molar-refractivity contribution in [2.75, 3.05) is 13.2 Å². The molecule has 0 aromatic carbocycles. The Morgan fingerprint density at radius 1 is 0.203 bits per heavy atom. The van der Waals surface area contributed by atoms with E-state index in [2.05, 4.69) is 20.8 Å². The molecule has 0 aliphatic rings. The molecule has 0 saturated heterocycles. The third kappa shape index (κ3) is 67.1. The number of rotatable bonds is 69. The molecule has 0 saturated carbocycles. The van der Waals surface area contributed by atoms with Crippen molar-refractivity contribution in [1.82, 2.24) is 0 Å². The van der Waals surface area contributed by atoms with Gasteiger partial charge in [0.25, 0.3) is 0 Å². The highest BCUT2D eigenvalue weighted by molar-refractivity contribution is 5.71. The molecule has 0 spiro atoms. The normalized spacial score (nSPS) is 11.9. The summed E-state index contributed by atoms with van der Waals surface area (Å²) in [5.41, 5.74) is 0. The SMILES string of the molecule is CCCCCCCCCCCCCCCCCCCCCCCCCCCC(=O)OCC(COC(=O)CCCCCCCCCCCCCCCCCCCC)OC(=O)CCCCCCCCCCCCCCCCCCCC. The van der Waals surface area contributed by atoms with Crippen molar-refractivity contribution in [1.29, 1.82) is 0 Å². The molecule has 0 aliphatic heterocycles. The van der Waals surface area contributed by atoms with Gasteiger partial charge in [-0.3, -0.25) is 14.4 Å². The van der Waals surface area contributed by atoms with Crippen molar-refractivity contribution >= 4 is 17.9 Å². The Balaban J connectivity index is 4.23. The second-order valence-electron chi connectivity index (χ2n) is 25.2. The maximum atomic E-state index is 13.0. The Hall–Kier alpha value is -1.59. The van der Waals surface area contributed by atoms with E-state index in [1.165, 1.54) is 334 Å². The fraction of sp³-hybridized carbons (Fsp3) is 0.959. The Kier molecular flexibility index (Phi) is 67.5. The van der Waals surface area contributed by atoms with Gasteiger partial charge in [0.15, 0.2) is 6.10 Å². The predicted octanol–water partition coefficient (Wildman–Crippen LogP) is 25.0. The van der Waals surface area contributed by atoms with E-state index in [1.54, 1.807) is 0 Å². The van der Waals surface area contributed by atoms with E-state index in [0.29, 0.717) is 19.3 Å². The first-order chi connectivity index (χ1) is 39.0. The standard InChI is InChI=1S/C73H142O6/c1-4-7-10-13-16-19-22-25-28-31-34-35-36-37-38-39-40-43-45-48-51-54-57-60-63-66-72(75)78-69-70(79-73(76)67-64-61-58-55-52-49-46-42-33-30-27-24-21-18-15-12-9-6-3)68-77-71(74)65-62-59-56-53-50-47-44-41-32-29-26-23-20-17-14-11-8-5-2/h70H,4-69H2,1-3H3. The third-order valence-corrected chi connectivity index (χ3v) is 17.1. The Labute approximate surface area is 495 Å². The molecule has 0 aromatic rings. The minimum Gasteiger partial charge on any atom is -0.462 e. The molecule has 0 heterocycles. The van der Waals surface area contributed by atoms with Crippen LogP contribution in [0.15, 0.2) is 0 Å². The third-order valence-electron chi connectivity index (χ3n) is 17.1. The molecule has 0 amide bonds. The van der Waals surface area contributed by atoms with E-state index in [9.17, 15) is 14.4 Å². The molecule has 0 N–H and O–H groups in total. The Bertz CT molecular complexity index is 1190. The van der Waals surface area contributed by atoms with Crippen LogP contribution in [0.4, 0.5) is 0 Å². The summed E-state index contributed by atoms with van der Waals surface area (Å²) in [7, 11) is 0. The van der Waals surface area contributed by atoms with Gasteiger partial charge >= 0.3 is 17.9 Å². The molecule has 0 aliphatic carbocycles. The monoisotopic (exact) mass is 1120 g/mol. The fourth-order valence-corrected chi connectivity index (χ4v) is 11.6. The second-order valence-corrected chi connectivity index (χ2v) is 25.2. The molecule has 0 aromatic heterocycles. The van der Waals surface area contributed by atoms with Crippen LogP contribution in [0.25, 0.3) is 0 Å². The van der Waals surface area contributed by atoms with Gasteiger partial charge in [0, 0.05) is 19.3 Å². The zero-order valence-electron chi connectivity index (χ0n) is 54.2. The lowest BCUT2D eigenvalue weighted by Gasteiger charge is -2.18. The molecule has 1 atom stereocenters. The average Bonchev–Trinajstić information content (AvgIpc) is 3.45. The number of esters is 3. The second kappa shape index (κ2) is 68.9. The predicted molar refractivity (Wildman–Crippen MR) is 344 cm³/mol. The maximum absolute atomic E-state index is 13.0. The summed E-state index contributed by atoms with van der Waals surface area (Å²) in [6, 6.07) is 0. The topological polar surface area (TPSA) is 78.9 Å². The molecule has 0 fully saturated rings. The van der Waals surface area contributed by atoms with Crippen molar-refractivity contribution in [2.45, 2.75) is 438 Å². The van der Waals surface area contributed by atoms with Crippen molar-refractivity contribution < 1.29 is 28.6 Å². The van der Waals surface area contributed by atoms with Crippen molar-refractivity contribution in [3.63, 3.8) is 0 Å². The van der Waals surface area contributed by atoms with Gasteiger partial charge in [0.2, 0.25) is 0 Å². The lowest BCUT2D eigenvalue weighted by molar-refractivity contribution is -0.167. The number of unbranched alkanes of at least 4 members (excludes halogenated alkanes) is 58. The molecule has 0 radical (unpaired) electrons. The van der Waals surface area contributed by atoms with Gasteiger partial charge in [-0.05, 0) is 19.3 Å². The van der Waals surface area contributed by atoms with Gasteiger partial charge in [-0.1, -0.05) is 393 Å². The summed E-state index contributed by atoms with van der Waals surface area (Å²) in [6.45, 7) is 6.75. The summed E-state index contributed by atoms with van der Waals surface area (Å²) in [5.74, 6) is -0.816. The van der Waals surface area contributed by atoms with Gasteiger partial charge in [0.1, 0.15) is 13.2 Å². The molecule has 470 valence electrons. The zero-order valence-corrected chi connectivity index (χ0v) is 54.2. The summed E-state index contributed by atoms with van der Waals surface area (Å²) in [5, 5.41) is 0. The van der Waals surface area contributed by atoms with E-state index in [4.69, 9.17) is 14.2 Å². The largest absolute Gasteiger partial charge is 0.462 e. The van der Waals surface area contributed by atoms with Crippen molar-refractivity contribution in [3.8, 4) is 0 Å². The fourth-order valence-electron chi connectivity index (χ4n) is 11.6. The average molecular weight is 1120 g/mol. The lowest BCUT2D eigenvalue weighted by atomic mass is 10.0. The number of carbonyl (C=O) groups excluding carboxylic acids is 3. The summed E-state index contributed by atoms with van der Waals surface area (Å²) in [6.07, 6.45) is 81.4. The Morgan fingerprint density at radius 3 is 0.506 bits per heavy atom. The van der Waals surface area contributed by atoms with Crippen LogP contribution in [-0.4, -0.2) is 37.2 Å². The van der Waals surface area contributed by atoms with Crippen LogP contribution >= 0.6 is 0 Å². The van der Waals surface area contributed by atoms with Crippen LogP contribution in [0.1, 0.15) is 432 Å². The van der Waals surface area contributed by atoms with Gasteiger partial charge < -0.3 is 14.2 Å². The quantitative estimate of drug-likeness (QED) is 0.0343. The van der Waals surface area contributed by atoms with Crippen LogP contribution in [0.2, 0.25) is 0 Å². The molecule has 6 nitrogen and oxygen atoms in total. The van der Waals surface area contributed by atoms with E-state index in [0.717, 1.165) is 57.8 Å². The van der Waals surface area contributed by atoms with Crippen LogP contribution in [-0.2, 0) is 28.6 Å². The van der Waals surface area contributed by atoms with E-state index >= 15 is 0 Å². The molecule has 1 unspecified atom stereocenters. The van der Waals surface area contributed by atoms with Crippen LogP contribution in [0.3, 0.4) is 0 Å². The highest BCUT2D eigenvalue weighted by Crippen LogP contribution is 2.20. The molecular formula is C73H142O6. The minimum atomic E-state index is -0.764. The first-order valence-electron chi connectivity index (χ1n) is 36.5. The Morgan fingerprint density at radius 2 is 0.342 bits per heavy atom. The highest BCUT2D eigenvalue weighted by Gasteiger charge is 2.20. The molecular weight excluding hydrogens is 973 g/mol. The summed E-state index contributed by atoms with van der Waals surface area (Å²) < 4.78 is 17.0. The first kappa shape index (κ1) is 77.4. The maximum Gasteiger partial charge on any atom is 0.306 e. The number of hydrogen-bond donors (Lipinski definition) is 0. The van der Waals surface area contributed by atoms with Crippen molar-refractivity contribution in [3.05, 3.63) is 0 Å². The van der Waals surface area contributed by atoms with E-state index in [-0.39, 0.29) is 31.1 Å². The van der Waals surface area contributed by atoms with Crippen LogP contribution in [0.5, 0.6) is 0 Å². The van der Waals surface area contributed by atoms with Crippen molar-refractivity contribution in [2.24, 2.45) is 0 Å². The highest BCUT2D eigenvalue weighted by atomic mass is 16.6. The zero-order chi connectivity index (χ0) is 57.1. The number of carbonyl (C=O) groups is 3. The smallest absolute Gasteiger partial charge is 0.306 e. The van der Waals surface area contributed by atoms with Crippen LogP contribution < -0.4 is 0 Å². The van der Waals surface area contributed by atoms with Gasteiger partial charge in [-0.2, -0.15) is 0 Å². The van der Waals surface area contributed by atoms with Gasteiger partial charge in [-0.15, -0.1) is 0 Å². The molecule has 79 heavy (non-hydrogen) atoms. The molecule has 0 bridgehead atoms. The van der Waals surface area contributed by atoms with Gasteiger partial charge in [0.05, 0.1) is 0 Å². The minimum absolute atomic E-state index is 0.0599. The van der Waals surface area contributed by atoms with E-state index in [1.807, 2.05) is 0 Å². The molecule has 0 rings (SSSR count). The lowest BCUT2D eigenvalue weighted by Crippen LogP contribution is -2.30. The van der Waals surface area contributed by atoms with Crippen LogP contribution in [0, 0.1) is 0 Å².